The monoisotopic (exact) mass is 254 g/mol. The summed E-state index contributed by atoms with van der Waals surface area (Å²) in [5, 5.41) is 13.9. The third-order valence-corrected chi connectivity index (χ3v) is 2.35. The zero-order valence-electron chi connectivity index (χ0n) is 8.88. The average molecular weight is 255 g/mol. The van der Waals surface area contributed by atoms with Gasteiger partial charge in [-0.3, -0.25) is 4.98 Å². The van der Waals surface area contributed by atoms with Crippen LogP contribution in [0.25, 0.3) is 11.5 Å². The Morgan fingerprint density at radius 2 is 2.29 bits per heavy atom. The van der Waals surface area contributed by atoms with Gasteiger partial charge in [-0.15, -0.1) is 0 Å². The molecule has 0 saturated carbocycles. The molecule has 90 valence electrons. The standard InChI is InChI=1S/C10H11ClN4O2/c11-6-1-2-7(13-5-6)9-14-10(17-15-9)8(16)3-4-12/h1-2,5,8,16H,3-4,12H2/t8-/m0/s1. The Balaban J connectivity index is 2.20. The number of aliphatic hydroxyl groups is 1. The van der Waals surface area contributed by atoms with Crippen LogP contribution in [-0.2, 0) is 0 Å². The molecule has 0 spiro atoms. The van der Waals surface area contributed by atoms with Crippen molar-refractivity contribution < 1.29 is 9.63 Å². The quantitative estimate of drug-likeness (QED) is 0.850. The summed E-state index contributed by atoms with van der Waals surface area (Å²) < 4.78 is 4.92. The first-order valence-corrected chi connectivity index (χ1v) is 5.42. The second-order valence-corrected chi connectivity index (χ2v) is 3.85. The third-order valence-electron chi connectivity index (χ3n) is 2.12. The van der Waals surface area contributed by atoms with Crippen molar-refractivity contribution in [1.29, 1.82) is 0 Å². The molecule has 2 aromatic rings. The predicted octanol–water partition coefficient (Wildman–Crippen LogP) is 1.17. The van der Waals surface area contributed by atoms with Crippen LogP contribution in [0.5, 0.6) is 0 Å². The molecule has 3 N–H and O–H groups in total. The number of aliphatic hydroxyl groups excluding tert-OH is 1. The lowest BCUT2D eigenvalue weighted by Crippen LogP contribution is -2.06. The Kier molecular flexibility index (Phi) is 3.68. The fourth-order valence-corrected chi connectivity index (χ4v) is 1.38. The first-order chi connectivity index (χ1) is 8.20. The van der Waals surface area contributed by atoms with Crippen molar-refractivity contribution in [2.45, 2.75) is 12.5 Å². The number of aromatic nitrogens is 3. The van der Waals surface area contributed by atoms with E-state index in [-0.39, 0.29) is 5.89 Å². The summed E-state index contributed by atoms with van der Waals surface area (Å²) in [7, 11) is 0. The topological polar surface area (TPSA) is 98.1 Å². The lowest BCUT2D eigenvalue weighted by atomic mass is 10.2. The van der Waals surface area contributed by atoms with Gasteiger partial charge in [0.05, 0.1) is 5.02 Å². The van der Waals surface area contributed by atoms with Crippen molar-refractivity contribution in [3.05, 3.63) is 29.2 Å². The molecule has 0 aliphatic rings. The highest BCUT2D eigenvalue weighted by Crippen LogP contribution is 2.19. The summed E-state index contributed by atoms with van der Waals surface area (Å²) in [6.45, 7) is 0.345. The van der Waals surface area contributed by atoms with Crippen molar-refractivity contribution in [3.8, 4) is 11.5 Å². The molecule has 0 aliphatic heterocycles. The zero-order chi connectivity index (χ0) is 12.3. The fraction of sp³-hybridized carbons (Fsp3) is 0.300. The molecule has 0 fully saturated rings. The molecule has 0 amide bonds. The number of hydrogen-bond donors (Lipinski definition) is 2. The Morgan fingerprint density at radius 1 is 1.47 bits per heavy atom. The van der Waals surface area contributed by atoms with Gasteiger partial charge in [0.2, 0.25) is 5.82 Å². The molecule has 0 bridgehead atoms. The van der Waals surface area contributed by atoms with E-state index in [1.807, 2.05) is 0 Å². The predicted molar refractivity (Wildman–Crippen MR) is 61.2 cm³/mol. The van der Waals surface area contributed by atoms with E-state index in [0.717, 1.165) is 0 Å². The Bertz CT molecular complexity index is 485. The Labute approximate surface area is 102 Å². The smallest absolute Gasteiger partial charge is 0.255 e. The van der Waals surface area contributed by atoms with E-state index in [1.165, 1.54) is 6.20 Å². The van der Waals surface area contributed by atoms with Crippen molar-refractivity contribution >= 4 is 11.6 Å². The minimum Gasteiger partial charge on any atom is -0.383 e. The third kappa shape index (κ3) is 2.79. The van der Waals surface area contributed by atoms with Crippen LogP contribution in [-0.4, -0.2) is 26.8 Å². The lowest BCUT2D eigenvalue weighted by molar-refractivity contribution is 0.127. The molecule has 1 atom stereocenters. The van der Waals surface area contributed by atoms with E-state index >= 15 is 0 Å². The molecule has 0 aliphatic carbocycles. The number of rotatable bonds is 4. The van der Waals surface area contributed by atoms with Crippen LogP contribution in [0.15, 0.2) is 22.9 Å². The SMILES string of the molecule is NCC[C@H](O)c1nc(-c2ccc(Cl)cn2)no1. The fourth-order valence-electron chi connectivity index (χ4n) is 1.26. The maximum absolute atomic E-state index is 9.61. The van der Waals surface area contributed by atoms with Gasteiger partial charge in [0.15, 0.2) is 0 Å². The highest BCUT2D eigenvalue weighted by atomic mass is 35.5. The van der Waals surface area contributed by atoms with Crippen molar-refractivity contribution in [2.75, 3.05) is 6.54 Å². The van der Waals surface area contributed by atoms with Crippen LogP contribution < -0.4 is 5.73 Å². The molecule has 0 saturated heterocycles. The number of nitrogens with zero attached hydrogens (tertiary/aromatic N) is 3. The normalized spacial score (nSPS) is 12.6. The van der Waals surface area contributed by atoms with E-state index in [1.54, 1.807) is 12.1 Å². The van der Waals surface area contributed by atoms with E-state index in [0.29, 0.717) is 29.5 Å². The summed E-state index contributed by atoms with van der Waals surface area (Å²) in [6, 6.07) is 3.35. The first-order valence-electron chi connectivity index (χ1n) is 5.04. The van der Waals surface area contributed by atoms with Crippen LogP contribution in [0.3, 0.4) is 0 Å². The summed E-state index contributed by atoms with van der Waals surface area (Å²) in [5.74, 6) is 0.454. The molecule has 2 heterocycles. The number of nitrogens with two attached hydrogens (primary N) is 1. The van der Waals surface area contributed by atoms with Crippen LogP contribution in [0, 0.1) is 0 Å². The second kappa shape index (κ2) is 5.22. The molecule has 2 aromatic heterocycles. The molecule has 0 radical (unpaired) electrons. The van der Waals surface area contributed by atoms with Gasteiger partial charge in [-0.05, 0) is 25.1 Å². The summed E-state index contributed by atoms with van der Waals surface area (Å²) in [5.41, 5.74) is 5.86. The molecule has 0 aromatic carbocycles. The second-order valence-electron chi connectivity index (χ2n) is 3.41. The Hall–Kier alpha value is -1.50. The van der Waals surface area contributed by atoms with Crippen LogP contribution in [0.2, 0.25) is 5.02 Å². The van der Waals surface area contributed by atoms with Gasteiger partial charge in [-0.2, -0.15) is 4.98 Å². The molecule has 7 heteroatoms. The van der Waals surface area contributed by atoms with Gasteiger partial charge in [-0.1, -0.05) is 16.8 Å². The van der Waals surface area contributed by atoms with E-state index < -0.39 is 6.10 Å². The number of pyridine rings is 1. The van der Waals surface area contributed by atoms with E-state index in [9.17, 15) is 5.11 Å². The van der Waals surface area contributed by atoms with Gasteiger partial charge in [0.25, 0.3) is 5.89 Å². The molecule has 2 rings (SSSR count). The molecular weight excluding hydrogens is 244 g/mol. The van der Waals surface area contributed by atoms with Gasteiger partial charge in [0, 0.05) is 6.20 Å². The summed E-state index contributed by atoms with van der Waals surface area (Å²) >= 11 is 5.72. The maximum Gasteiger partial charge on any atom is 0.255 e. The highest BCUT2D eigenvalue weighted by molar-refractivity contribution is 6.30. The molecule has 0 unspecified atom stereocenters. The van der Waals surface area contributed by atoms with Gasteiger partial charge in [-0.25, -0.2) is 0 Å². The minimum absolute atomic E-state index is 0.141. The zero-order valence-corrected chi connectivity index (χ0v) is 9.63. The summed E-state index contributed by atoms with van der Waals surface area (Å²) in [4.78, 5) is 8.08. The van der Waals surface area contributed by atoms with Crippen molar-refractivity contribution in [3.63, 3.8) is 0 Å². The minimum atomic E-state index is -0.839. The number of halogens is 1. The molecule has 17 heavy (non-hydrogen) atoms. The Morgan fingerprint density at radius 3 is 2.94 bits per heavy atom. The van der Waals surface area contributed by atoms with E-state index in [2.05, 4.69) is 15.1 Å². The van der Waals surface area contributed by atoms with Crippen molar-refractivity contribution in [2.24, 2.45) is 5.73 Å². The first kappa shape index (κ1) is 12.0. The largest absolute Gasteiger partial charge is 0.383 e. The van der Waals surface area contributed by atoms with Gasteiger partial charge in [0.1, 0.15) is 11.8 Å². The van der Waals surface area contributed by atoms with Gasteiger partial charge < -0.3 is 15.4 Å². The van der Waals surface area contributed by atoms with Crippen molar-refractivity contribution in [1.82, 2.24) is 15.1 Å². The van der Waals surface area contributed by atoms with Crippen LogP contribution in [0.1, 0.15) is 18.4 Å². The molecular formula is C10H11ClN4O2. The van der Waals surface area contributed by atoms with Crippen LogP contribution >= 0.6 is 11.6 Å². The number of hydrogen-bond acceptors (Lipinski definition) is 6. The lowest BCUT2D eigenvalue weighted by Gasteiger charge is -2.00. The van der Waals surface area contributed by atoms with E-state index in [4.69, 9.17) is 21.9 Å². The summed E-state index contributed by atoms with van der Waals surface area (Å²) in [6.07, 6.45) is 1.02. The molecule has 6 nitrogen and oxygen atoms in total. The van der Waals surface area contributed by atoms with Crippen LogP contribution in [0.4, 0.5) is 0 Å². The van der Waals surface area contributed by atoms with Gasteiger partial charge >= 0.3 is 0 Å². The average Bonchev–Trinajstić information content (AvgIpc) is 2.80. The highest BCUT2D eigenvalue weighted by Gasteiger charge is 2.16. The maximum atomic E-state index is 9.61.